The monoisotopic (exact) mass is 183 g/mol. The molecule has 1 aliphatic rings. The lowest BCUT2D eigenvalue weighted by atomic mass is 9.87. The molecule has 0 aromatic heterocycles. The van der Waals surface area contributed by atoms with Crippen LogP contribution in [0.1, 0.15) is 45.4 Å². The molecule has 0 aliphatic heterocycles. The molecule has 0 bridgehead atoms. The van der Waals surface area contributed by atoms with Crippen molar-refractivity contribution in [1.29, 1.82) is 0 Å². The third kappa shape index (κ3) is 3.79. The van der Waals surface area contributed by atoms with Gasteiger partial charge in [0.1, 0.15) is 0 Å². The number of carbonyl (C=O) groups excluding carboxylic acids is 1. The highest BCUT2D eigenvalue weighted by Crippen LogP contribution is 2.26. The highest BCUT2D eigenvalue weighted by atomic mass is 16.2. The Labute approximate surface area is 81.3 Å². The number of carbonyl (C=O) groups is 1. The third-order valence-corrected chi connectivity index (χ3v) is 3.14. The van der Waals surface area contributed by atoms with Gasteiger partial charge in [-0.25, -0.2) is 0 Å². The van der Waals surface area contributed by atoms with Crippen LogP contribution in [-0.4, -0.2) is 24.4 Å². The maximum absolute atomic E-state index is 10.9. The summed E-state index contributed by atoms with van der Waals surface area (Å²) in [5.74, 6) is 1.08. The first kappa shape index (κ1) is 10.6. The maximum Gasteiger partial charge on any atom is 0.219 e. The second-order valence-corrected chi connectivity index (χ2v) is 4.23. The van der Waals surface area contributed by atoms with Crippen LogP contribution >= 0.6 is 0 Å². The largest absolute Gasteiger partial charge is 0.346 e. The van der Waals surface area contributed by atoms with Gasteiger partial charge in [-0.15, -0.1) is 0 Å². The summed E-state index contributed by atoms with van der Waals surface area (Å²) in [5, 5.41) is 0. The van der Waals surface area contributed by atoms with Crippen LogP contribution in [0.4, 0.5) is 0 Å². The van der Waals surface area contributed by atoms with Gasteiger partial charge in [0.15, 0.2) is 0 Å². The molecule has 1 amide bonds. The van der Waals surface area contributed by atoms with Crippen LogP contribution in [0.5, 0.6) is 0 Å². The molecule has 13 heavy (non-hydrogen) atoms. The second kappa shape index (κ2) is 5.25. The van der Waals surface area contributed by atoms with Crippen LogP contribution in [0.3, 0.4) is 0 Å². The minimum Gasteiger partial charge on any atom is -0.346 e. The van der Waals surface area contributed by atoms with Gasteiger partial charge >= 0.3 is 0 Å². The normalized spacial score (nSPS) is 18.6. The number of hydrogen-bond acceptors (Lipinski definition) is 1. The summed E-state index contributed by atoms with van der Waals surface area (Å²) in [7, 11) is 1.89. The number of rotatable bonds is 3. The smallest absolute Gasteiger partial charge is 0.219 e. The number of nitrogens with zero attached hydrogens (tertiary/aromatic N) is 1. The first-order valence-electron chi connectivity index (χ1n) is 5.42. The standard InChI is InChI=1S/C11H21NO/c1-10(13)12(2)9-8-11-6-4-3-5-7-11/h11H,3-9H2,1-2H3. The molecule has 76 valence electrons. The van der Waals surface area contributed by atoms with Crippen LogP contribution < -0.4 is 0 Å². The van der Waals surface area contributed by atoms with E-state index in [0.29, 0.717) is 0 Å². The fraction of sp³-hybridized carbons (Fsp3) is 0.909. The van der Waals surface area contributed by atoms with E-state index in [-0.39, 0.29) is 5.91 Å². The highest BCUT2D eigenvalue weighted by molar-refractivity contribution is 5.72. The lowest BCUT2D eigenvalue weighted by Gasteiger charge is -2.24. The molecule has 0 aromatic rings. The molecule has 1 rings (SSSR count). The fourth-order valence-electron chi connectivity index (χ4n) is 2.01. The van der Waals surface area contributed by atoms with E-state index in [2.05, 4.69) is 0 Å². The van der Waals surface area contributed by atoms with Crippen molar-refractivity contribution in [3.8, 4) is 0 Å². The average Bonchev–Trinajstić information content (AvgIpc) is 2.15. The molecule has 0 heterocycles. The molecule has 0 aromatic carbocycles. The van der Waals surface area contributed by atoms with Gasteiger partial charge in [-0.1, -0.05) is 32.1 Å². The molecule has 0 unspecified atom stereocenters. The Morgan fingerprint density at radius 1 is 1.31 bits per heavy atom. The molecule has 0 spiro atoms. The molecule has 2 heteroatoms. The first-order chi connectivity index (χ1) is 6.20. The molecule has 0 N–H and O–H groups in total. The Morgan fingerprint density at radius 2 is 1.92 bits per heavy atom. The Kier molecular flexibility index (Phi) is 4.26. The summed E-state index contributed by atoms with van der Waals surface area (Å²) < 4.78 is 0. The van der Waals surface area contributed by atoms with Gasteiger partial charge in [0.25, 0.3) is 0 Å². The average molecular weight is 183 g/mol. The van der Waals surface area contributed by atoms with Gasteiger partial charge < -0.3 is 4.90 Å². The van der Waals surface area contributed by atoms with Crippen molar-refractivity contribution in [2.24, 2.45) is 5.92 Å². The molecule has 1 saturated carbocycles. The molecule has 2 nitrogen and oxygen atoms in total. The Morgan fingerprint density at radius 3 is 2.46 bits per heavy atom. The quantitative estimate of drug-likeness (QED) is 0.658. The van der Waals surface area contributed by atoms with Gasteiger partial charge in [-0.05, 0) is 12.3 Å². The van der Waals surface area contributed by atoms with Crippen LogP contribution in [-0.2, 0) is 4.79 Å². The summed E-state index contributed by atoms with van der Waals surface area (Å²) >= 11 is 0. The molecule has 0 radical (unpaired) electrons. The lowest BCUT2D eigenvalue weighted by Crippen LogP contribution is -2.26. The van der Waals surface area contributed by atoms with Gasteiger partial charge in [0, 0.05) is 20.5 Å². The lowest BCUT2D eigenvalue weighted by molar-refractivity contribution is -0.127. The molecule has 1 aliphatic carbocycles. The Balaban J connectivity index is 2.13. The zero-order valence-electron chi connectivity index (χ0n) is 8.88. The van der Waals surface area contributed by atoms with Gasteiger partial charge in [0.05, 0.1) is 0 Å². The van der Waals surface area contributed by atoms with E-state index in [0.717, 1.165) is 12.5 Å². The van der Waals surface area contributed by atoms with E-state index >= 15 is 0 Å². The van der Waals surface area contributed by atoms with E-state index < -0.39 is 0 Å². The predicted octanol–water partition coefficient (Wildman–Crippen LogP) is 2.44. The second-order valence-electron chi connectivity index (χ2n) is 4.23. The number of amides is 1. The van der Waals surface area contributed by atoms with Crippen molar-refractivity contribution >= 4 is 5.91 Å². The van der Waals surface area contributed by atoms with Crippen LogP contribution in [0.25, 0.3) is 0 Å². The minimum atomic E-state index is 0.191. The van der Waals surface area contributed by atoms with Gasteiger partial charge in [0.2, 0.25) is 5.91 Å². The molecule has 0 atom stereocenters. The predicted molar refractivity (Wildman–Crippen MR) is 54.5 cm³/mol. The van der Waals surface area contributed by atoms with Crippen molar-refractivity contribution in [2.45, 2.75) is 45.4 Å². The first-order valence-corrected chi connectivity index (χ1v) is 5.42. The topological polar surface area (TPSA) is 20.3 Å². The van der Waals surface area contributed by atoms with E-state index in [1.165, 1.54) is 38.5 Å². The maximum atomic E-state index is 10.9. The zero-order valence-corrected chi connectivity index (χ0v) is 8.88. The van der Waals surface area contributed by atoms with E-state index in [4.69, 9.17) is 0 Å². The summed E-state index contributed by atoms with van der Waals surface area (Å²) in [6.45, 7) is 2.58. The van der Waals surface area contributed by atoms with Crippen molar-refractivity contribution in [1.82, 2.24) is 4.90 Å². The fourth-order valence-corrected chi connectivity index (χ4v) is 2.01. The summed E-state index contributed by atoms with van der Waals surface area (Å²) in [6.07, 6.45) is 8.18. The van der Waals surface area contributed by atoms with E-state index in [9.17, 15) is 4.79 Å². The third-order valence-electron chi connectivity index (χ3n) is 3.14. The van der Waals surface area contributed by atoms with Crippen LogP contribution in [0, 0.1) is 5.92 Å². The SMILES string of the molecule is CC(=O)N(C)CCC1CCCCC1. The van der Waals surface area contributed by atoms with Gasteiger partial charge in [-0.2, -0.15) is 0 Å². The zero-order chi connectivity index (χ0) is 9.68. The summed E-state index contributed by atoms with van der Waals surface area (Å²) in [5.41, 5.74) is 0. The minimum absolute atomic E-state index is 0.191. The Bertz CT molecular complexity index is 161. The summed E-state index contributed by atoms with van der Waals surface area (Å²) in [6, 6.07) is 0. The Hall–Kier alpha value is -0.530. The van der Waals surface area contributed by atoms with Gasteiger partial charge in [-0.3, -0.25) is 4.79 Å². The van der Waals surface area contributed by atoms with Crippen molar-refractivity contribution in [3.63, 3.8) is 0 Å². The van der Waals surface area contributed by atoms with Crippen molar-refractivity contribution in [3.05, 3.63) is 0 Å². The summed E-state index contributed by atoms with van der Waals surface area (Å²) in [4.78, 5) is 12.8. The van der Waals surface area contributed by atoms with Crippen LogP contribution in [0.2, 0.25) is 0 Å². The van der Waals surface area contributed by atoms with Crippen LogP contribution in [0.15, 0.2) is 0 Å². The molecular weight excluding hydrogens is 162 g/mol. The van der Waals surface area contributed by atoms with Crippen molar-refractivity contribution in [2.75, 3.05) is 13.6 Å². The van der Waals surface area contributed by atoms with Crippen molar-refractivity contribution < 1.29 is 4.79 Å². The van der Waals surface area contributed by atoms with E-state index in [1.807, 2.05) is 11.9 Å². The van der Waals surface area contributed by atoms with E-state index in [1.54, 1.807) is 6.92 Å². The molecule has 0 saturated heterocycles. The molecule has 1 fully saturated rings. The highest BCUT2D eigenvalue weighted by Gasteiger charge is 2.14. The number of hydrogen-bond donors (Lipinski definition) is 0. The molecular formula is C11H21NO.